The molecule has 0 aromatic heterocycles. The Labute approximate surface area is 127 Å². The highest BCUT2D eigenvalue weighted by atomic mass is 16.2. The van der Waals surface area contributed by atoms with Crippen LogP contribution < -0.4 is 5.32 Å². The van der Waals surface area contributed by atoms with Crippen molar-refractivity contribution in [3.05, 3.63) is 0 Å². The highest BCUT2D eigenvalue weighted by Gasteiger charge is 2.33. The van der Waals surface area contributed by atoms with Crippen LogP contribution in [0.15, 0.2) is 0 Å². The van der Waals surface area contributed by atoms with Crippen LogP contribution in [-0.4, -0.2) is 60.4 Å². The molecule has 0 bridgehead atoms. The molecule has 21 heavy (non-hydrogen) atoms. The van der Waals surface area contributed by atoms with Crippen molar-refractivity contribution in [1.82, 2.24) is 15.1 Å². The van der Waals surface area contributed by atoms with Crippen molar-refractivity contribution in [1.29, 1.82) is 0 Å². The molecular formula is C16H27N3O2. The van der Waals surface area contributed by atoms with E-state index in [0.29, 0.717) is 12.6 Å². The summed E-state index contributed by atoms with van der Waals surface area (Å²) >= 11 is 0. The standard InChI is InChI=1S/C16H27N3O2/c1-12-4-8-19(9-5-12)15(20)11-18-7-6-13(10-18)16(21)17-14-2-3-14/h12-14H,2-11H2,1H3,(H,17,21). The van der Waals surface area contributed by atoms with Gasteiger partial charge in [-0.05, 0) is 44.6 Å². The van der Waals surface area contributed by atoms with E-state index in [0.717, 1.165) is 64.2 Å². The second kappa shape index (κ2) is 6.34. The van der Waals surface area contributed by atoms with Crippen LogP contribution in [0.4, 0.5) is 0 Å². The molecule has 118 valence electrons. The summed E-state index contributed by atoms with van der Waals surface area (Å²) in [6.45, 7) is 6.17. The molecule has 2 aliphatic heterocycles. The molecule has 3 fully saturated rings. The van der Waals surface area contributed by atoms with Gasteiger partial charge in [0.05, 0.1) is 12.5 Å². The van der Waals surface area contributed by atoms with Gasteiger partial charge in [0.15, 0.2) is 0 Å². The monoisotopic (exact) mass is 293 g/mol. The first-order chi connectivity index (χ1) is 10.1. The zero-order chi connectivity index (χ0) is 14.8. The van der Waals surface area contributed by atoms with Crippen LogP contribution in [0.3, 0.4) is 0 Å². The van der Waals surface area contributed by atoms with Gasteiger partial charge in [-0.15, -0.1) is 0 Å². The van der Waals surface area contributed by atoms with E-state index in [9.17, 15) is 9.59 Å². The van der Waals surface area contributed by atoms with Crippen molar-refractivity contribution in [2.75, 3.05) is 32.7 Å². The Kier molecular flexibility index (Phi) is 4.48. The number of rotatable bonds is 4. The van der Waals surface area contributed by atoms with Gasteiger partial charge in [-0.25, -0.2) is 0 Å². The minimum atomic E-state index is 0.0831. The lowest BCUT2D eigenvalue weighted by atomic mass is 9.99. The molecule has 2 saturated heterocycles. The Hall–Kier alpha value is -1.10. The van der Waals surface area contributed by atoms with Crippen molar-refractivity contribution in [2.45, 2.75) is 45.1 Å². The molecule has 0 aromatic carbocycles. The Morgan fingerprint density at radius 1 is 1.05 bits per heavy atom. The van der Waals surface area contributed by atoms with Gasteiger partial charge in [0.1, 0.15) is 0 Å². The van der Waals surface area contributed by atoms with Crippen LogP contribution >= 0.6 is 0 Å². The van der Waals surface area contributed by atoms with Gasteiger partial charge in [-0.3, -0.25) is 14.5 Å². The first-order valence-electron chi connectivity index (χ1n) is 8.42. The van der Waals surface area contributed by atoms with Crippen molar-refractivity contribution < 1.29 is 9.59 Å². The van der Waals surface area contributed by atoms with Crippen LogP contribution in [0.5, 0.6) is 0 Å². The number of hydrogen-bond donors (Lipinski definition) is 1. The molecule has 2 heterocycles. The lowest BCUT2D eigenvalue weighted by Gasteiger charge is -2.31. The van der Waals surface area contributed by atoms with Crippen LogP contribution in [0.25, 0.3) is 0 Å². The predicted molar refractivity (Wildman–Crippen MR) is 80.7 cm³/mol. The second-order valence-corrected chi connectivity index (χ2v) is 7.07. The fourth-order valence-corrected chi connectivity index (χ4v) is 3.29. The van der Waals surface area contributed by atoms with E-state index in [1.165, 1.54) is 0 Å². The number of nitrogens with zero attached hydrogens (tertiary/aromatic N) is 2. The topological polar surface area (TPSA) is 52.7 Å². The molecule has 2 amide bonds. The van der Waals surface area contributed by atoms with Gasteiger partial charge >= 0.3 is 0 Å². The molecule has 1 aliphatic carbocycles. The van der Waals surface area contributed by atoms with E-state index in [-0.39, 0.29) is 17.7 Å². The number of carbonyl (C=O) groups is 2. The molecule has 1 atom stereocenters. The number of amides is 2. The first-order valence-corrected chi connectivity index (χ1v) is 8.42. The van der Waals surface area contributed by atoms with Gasteiger partial charge in [0.25, 0.3) is 0 Å². The molecular weight excluding hydrogens is 266 g/mol. The number of nitrogens with one attached hydrogen (secondary N) is 1. The maximum Gasteiger partial charge on any atom is 0.236 e. The first kappa shape index (κ1) is 14.8. The number of carbonyl (C=O) groups excluding carboxylic acids is 2. The molecule has 3 rings (SSSR count). The molecule has 1 unspecified atom stereocenters. The summed E-state index contributed by atoms with van der Waals surface area (Å²) in [6.07, 6.45) is 5.40. The van der Waals surface area contributed by atoms with Gasteiger partial charge in [0, 0.05) is 25.7 Å². The van der Waals surface area contributed by atoms with E-state index in [2.05, 4.69) is 17.1 Å². The van der Waals surface area contributed by atoms with E-state index >= 15 is 0 Å². The second-order valence-electron chi connectivity index (χ2n) is 7.07. The maximum absolute atomic E-state index is 12.3. The number of hydrogen-bond acceptors (Lipinski definition) is 3. The normalized spacial score (nSPS) is 27.9. The molecule has 0 spiro atoms. The van der Waals surface area contributed by atoms with E-state index < -0.39 is 0 Å². The zero-order valence-corrected chi connectivity index (χ0v) is 13.0. The summed E-state index contributed by atoms with van der Waals surface area (Å²) < 4.78 is 0. The van der Waals surface area contributed by atoms with Crippen molar-refractivity contribution in [3.8, 4) is 0 Å². The molecule has 0 aromatic rings. The van der Waals surface area contributed by atoms with Gasteiger partial charge in [-0.1, -0.05) is 6.92 Å². The molecule has 1 N–H and O–H groups in total. The number of likely N-dealkylation sites (tertiary alicyclic amines) is 2. The Bertz CT molecular complexity index is 400. The van der Waals surface area contributed by atoms with E-state index in [4.69, 9.17) is 0 Å². The molecule has 5 nitrogen and oxygen atoms in total. The highest BCUT2D eigenvalue weighted by Crippen LogP contribution is 2.22. The summed E-state index contributed by atoms with van der Waals surface area (Å²) in [5.41, 5.74) is 0. The third-order valence-electron chi connectivity index (χ3n) is 5.06. The summed E-state index contributed by atoms with van der Waals surface area (Å²) in [6, 6.07) is 0.434. The highest BCUT2D eigenvalue weighted by molar-refractivity contribution is 5.81. The van der Waals surface area contributed by atoms with Gasteiger partial charge in [-0.2, -0.15) is 0 Å². The smallest absolute Gasteiger partial charge is 0.236 e. The fraction of sp³-hybridized carbons (Fsp3) is 0.875. The molecule has 0 radical (unpaired) electrons. The van der Waals surface area contributed by atoms with E-state index in [1.54, 1.807) is 0 Å². The minimum absolute atomic E-state index is 0.0831. The van der Waals surface area contributed by atoms with Crippen LogP contribution in [0.1, 0.15) is 39.0 Å². The third-order valence-corrected chi connectivity index (χ3v) is 5.06. The van der Waals surface area contributed by atoms with Gasteiger partial charge in [0.2, 0.25) is 11.8 Å². The lowest BCUT2D eigenvalue weighted by Crippen LogP contribution is -2.43. The largest absolute Gasteiger partial charge is 0.353 e. The fourth-order valence-electron chi connectivity index (χ4n) is 3.29. The van der Waals surface area contributed by atoms with Crippen molar-refractivity contribution in [2.24, 2.45) is 11.8 Å². The summed E-state index contributed by atoms with van der Waals surface area (Å²) in [5.74, 6) is 1.26. The quantitative estimate of drug-likeness (QED) is 0.836. The Morgan fingerprint density at radius 3 is 2.43 bits per heavy atom. The van der Waals surface area contributed by atoms with Crippen LogP contribution in [-0.2, 0) is 9.59 Å². The molecule has 3 aliphatic rings. The molecule has 1 saturated carbocycles. The number of piperidine rings is 1. The maximum atomic E-state index is 12.3. The summed E-state index contributed by atoms with van der Waals surface area (Å²) in [7, 11) is 0. The molecule has 5 heteroatoms. The minimum Gasteiger partial charge on any atom is -0.353 e. The third kappa shape index (κ3) is 3.96. The SMILES string of the molecule is CC1CCN(C(=O)CN2CCC(C(=O)NC3CC3)C2)CC1. The Balaban J connectivity index is 1.41. The van der Waals surface area contributed by atoms with Crippen molar-refractivity contribution >= 4 is 11.8 Å². The summed E-state index contributed by atoms with van der Waals surface area (Å²) in [5, 5.41) is 3.08. The predicted octanol–water partition coefficient (Wildman–Crippen LogP) is 0.845. The lowest BCUT2D eigenvalue weighted by molar-refractivity contribution is -0.134. The summed E-state index contributed by atoms with van der Waals surface area (Å²) in [4.78, 5) is 28.5. The Morgan fingerprint density at radius 2 is 1.76 bits per heavy atom. The van der Waals surface area contributed by atoms with Crippen LogP contribution in [0.2, 0.25) is 0 Å². The zero-order valence-electron chi connectivity index (χ0n) is 13.0. The average Bonchev–Trinajstić information content (AvgIpc) is 3.15. The van der Waals surface area contributed by atoms with E-state index in [1.807, 2.05) is 4.90 Å². The van der Waals surface area contributed by atoms with Gasteiger partial charge < -0.3 is 10.2 Å². The average molecular weight is 293 g/mol. The van der Waals surface area contributed by atoms with Crippen LogP contribution in [0, 0.1) is 11.8 Å². The van der Waals surface area contributed by atoms with Crippen molar-refractivity contribution in [3.63, 3.8) is 0 Å².